The molecule has 0 aromatic heterocycles. The topological polar surface area (TPSA) is 95.9 Å². The number of aliphatic hydroxyl groups excluding tert-OH is 2. The highest BCUT2D eigenvalue weighted by molar-refractivity contribution is 5.76. The second kappa shape index (κ2) is 74.8. The van der Waals surface area contributed by atoms with E-state index in [1.54, 1.807) is 6.08 Å². The van der Waals surface area contributed by atoms with E-state index < -0.39 is 12.1 Å². The van der Waals surface area contributed by atoms with Crippen molar-refractivity contribution in [2.45, 2.75) is 456 Å². The summed E-state index contributed by atoms with van der Waals surface area (Å²) in [6.45, 7) is 4.96. The Hall–Kier alpha value is -1.66. The van der Waals surface area contributed by atoms with Crippen LogP contribution in [0.15, 0.2) is 24.3 Å². The predicted molar refractivity (Wildman–Crippen MR) is 375 cm³/mol. The van der Waals surface area contributed by atoms with Gasteiger partial charge in [0.25, 0.3) is 0 Å². The van der Waals surface area contributed by atoms with Crippen LogP contribution in [-0.4, -0.2) is 47.4 Å². The Bertz CT molecular complexity index is 1330. The number of amides is 1. The molecule has 0 aliphatic carbocycles. The van der Waals surface area contributed by atoms with Crippen LogP contribution in [0, 0.1) is 0 Å². The molecule has 6 nitrogen and oxygen atoms in total. The molecule has 0 aromatic carbocycles. The summed E-state index contributed by atoms with van der Waals surface area (Å²) < 4.78 is 5.51. The van der Waals surface area contributed by atoms with E-state index >= 15 is 0 Å². The molecule has 2 atom stereocenters. The number of ether oxygens (including phenoxy) is 1. The van der Waals surface area contributed by atoms with Gasteiger partial charge >= 0.3 is 5.97 Å². The minimum absolute atomic E-state index is 0.0249. The fourth-order valence-corrected chi connectivity index (χ4v) is 12.5. The van der Waals surface area contributed by atoms with Crippen LogP contribution in [0.25, 0.3) is 0 Å². The number of carbonyl (C=O) groups is 2. The molecule has 0 bridgehead atoms. The van der Waals surface area contributed by atoms with Gasteiger partial charge in [-0.15, -0.1) is 0 Å². The highest BCUT2D eigenvalue weighted by Crippen LogP contribution is 2.20. The number of allylic oxidation sites excluding steroid dienone is 3. The van der Waals surface area contributed by atoms with Gasteiger partial charge in [-0.1, -0.05) is 398 Å². The van der Waals surface area contributed by atoms with Crippen molar-refractivity contribution in [2.75, 3.05) is 13.2 Å². The molecule has 0 aliphatic rings. The first-order chi connectivity index (χ1) is 42.0. The summed E-state index contributed by atoms with van der Waals surface area (Å²) in [5.74, 6) is -0.0362. The molecular weight excluding hydrogens is 1040 g/mol. The van der Waals surface area contributed by atoms with Gasteiger partial charge < -0.3 is 20.3 Å². The van der Waals surface area contributed by atoms with Crippen LogP contribution in [0.1, 0.15) is 444 Å². The number of esters is 1. The second-order valence-corrected chi connectivity index (χ2v) is 27.0. The van der Waals surface area contributed by atoms with Crippen molar-refractivity contribution in [1.82, 2.24) is 5.32 Å². The van der Waals surface area contributed by atoms with Gasteiger partial charge in [-0.3, -0.25) is 9.59 Å². The lowest BCUT2D eigenvalue weighted by Crippen LogP contribution is -2.45. The molecule has 6 heteroatoms. The van der Waals surface area contributed by atoms with E-state index in [0.29, 0.717) is 19.4 Å². The van der Waals surface area contributed by atoms with Crippen LogP contribution < -0.4 is 5.32 Å². The molecule has 85 heavy (non-hydrogen) atoms. The van der Waals surface area contributed by atoms with E-state index in [1.165, 1.54) is 379 Å². The minimum Gasteiger partial charge on any atom is -0.466 e. The number of carbonyl (C=O) groups excluding carboxylic acids is 2. The van der Waals surface area contributed by atoms with Gasteiger partial charge in [-0.25, -0.2) is 0 Å². The molecule has 0 rings (SSSR count). The molecule has 0 spiro atoms. The average molecular weight is 1200 g/mol. The molecule has 1 amide bonds. The van der Waals surface area contributed by atoms with Gasteiger partial charge in [0.2, 0.25) is 5.91 Å². The maximum atomic E-state index is 12.5. The number of unbranched alkanes of at least 4 members (excludes halogenated alkanes) is 61. The first-order valence-corrected chi connectivity index (χ1v) is 39.1. The number of nitrogens with one attached hydrogen (secondary N) is 1. The van der Waals surface area contributed by atoms with Gasteiger partial charge in [0, 0.05) is 12.8 Å². The molecule has 2 unspecified atom stereocenters. The van der Waals surface area contributed by atoms with Crippen LogP contribution in [0.5, 0.6) is 0 Å². The molecule has 0 heterocycles. The summed E-state index contributed by atoms with van der Waals surface area (Å²) in [5, 5.41) is 23.2. The zero-order chi connectivity index (χ0) is 61.3. The molecule has 0 aromatic rings. The first-order valence-electron chi connectivity index (χ1n) is 39.1. The van der Waals surface area contributed by atoms with Crippen LogP contribution in [0.2, 0.25) is 0 Å². The Morgan fingerprint density at radius 1 is 0.318 bits per heavy atom. The summed E-state index contributed by atoms with van der Waals surface area (Å²) >= 11 is 0. The normalized spacial score (nSPS) is 12.6. The third kappa shape index (κ3) is 71.3. The van der Waals surface area contributed by atoms with Gasteiger partial charge in [0.05, 0.1) is 25.4 Å². The van der Waals surface area contributed by atoms with E-state index in [2.05, 4.69) is 31.3 Å². The molecule has 0 aliphatic heterocycles. The maximum Gasteiger partial charge on any atom is 0.305 e. The van der Waals surface area contributed by atoms with Gasteiger partial charge in [0.1, 0.15) is 0 Å². The van der Waals surface area contributed by atoms with Crippen LogP contribution >= 0.6 is 0 Å². The van der Waals surface area contributed by atoms with Crippen molar-refractivity contribution < 1.29 is 24.5 Å². The summed E-state index contributed by atoms with van der Waals surface area (Å²) in [6.07, 6.45) is 95.9. The lowest BCUT2D eigenvalue weighted by Gasteiger charge is -2.20. The molecule has 3 N–H and O–H groups in total. The zero-order valence-electron chi connectivity index (χ0n) is 57.9. The van der Waals surface area contributed by atoms with Gasteiger partial charge in [0.15, 0.2) is 0 Å². The summed E-state index contributed by atoms with van der Waals surface area (Å²) in [6, 6.07) is -0.625. The van der Waals surface area contributed by atoms with Crippen molar-refractivity contribution in [3.8, 4) is 0 Å². The number of hydrogen-bond donors (Lipinski definition) is 3. The molecule has 504 valence electrons. The fourth-order valence-electron chi connectivity index (χ4n) is 12.5. The number of rotatable bonds is 74. The Kier molecular flexibility index (Phi) is 73.3. The second-order valence-electron chi connectivity index (χ2n) is 27.0. The lowest BCUT2D eigenvalue weighted by molar-refractivity contribution is -0.143. The minimum atomic E-state index is -0.842. The average Bonchev–Trinajstić information content (AvgIpc) is 3.51. The van der Waals surface area contributed by atoms with E-state index in [1.807, 2.05) is 6.08 Å². The molecular formula is C79H153NO5. The number of hydrogen-bond acceptors (Lipinski definition) is 5. The molecule has 0 saturated heterocycles. The van der Waals surface area contributed by atoms with Crippen LogP contribution in [0.3, 0.4) is 0 Å². The third-order valence-corrected chi connectivity index (χ3v) is 18.5. The summed E-state index contributed by atoms with van der Waals surface area (Å²) in [7, 11) is 0. The van der Waals surface area contributed by atoms with E-state index in [0.717, 1.165) is 38.5 Å². The Morgan fingerprint density at radius 3 is 0.835 bits per heavy atom. The SMILES string of the molecule is CCCCCCCCCCCCCCCC/C=C/C(O)C(CO)NC(=O)CCCCCCCCCCCCCCCCCCC/C=C\CCCCCCCCCCCCCCCCOC(=O)CCCCCCCCCCCCCCCCCCC. The largest absolute Gasteiger partial charge is 0.466 e. The maximum absolute atomic E-state index is 12.5. The third-order valence-electron chi connectivity index (χ3n) is 18.5. The lowest BCUT2D eigenvalue weighted by atomic mass is 10.0. The highest BCUT2D eigenvalue weighted by atomic mass is 16.5. The fraction of sp³-hybridized carbons (Fsp3) is 0.924. The Morgan fingerprint density at radius 2 is 0.553 bits per heavy atom. The van der Waals surface area contributed by atoms with Crippen molar-refractivity contribution in [3.63, 3.8) is 0 Å². The van der Waals surface area contributed by atoms with Crippen LogP contribution in [0.4, 0.5) is 0 Å². The van der Waals surface area contributed by atoms with Crippen molar-refractivity contribution in [1.29, 1.82) is 0 Å². The Balaban J connectivity index is 3.33. The monoisotopic (exact) mass is 1200 g/mol. The summed E-state index contributed by atoms with van der Waals surface area (Å²) in [4.78, 5) is 24.6. The quantitative estimate of drug-likeness (QED) is 0.0320. The molecule has 0 fully saturated rings. The van der Waals surface area contributed by atoms with Crippen molar-refractivity contribution >= 4 is 11.9 Å². The highest BCUT2D eigenvalue weighted by Gasteiger charge is 2.18. The van der Waals surface area contributed by atoms with Gasteiger partial charge in [-0.2, -0.15) is 0 Å². The zero-order valence-corrected chi connectivity index (χ0v) is 57.9. The van der Waals surface area contributed by atoms with Crippen molar-refractivity contribution in [2.24, 2.45) is 0 Å². The van der Waals surface area contributed by atoms with E-state index in [4.69, 9.17) is 4.74 Å². The number of aliphatic hydroxyl groups is 2. The molecule has 0 radical (unpaired) electrons. The smallest absolute Gasteiger partial charge is 0.305 e. The predicted octanol–water partition coefficient (Wildman–Crippen LogP) is 25.7. The summed E-state index contributed by atoms with van der Waals surface area (Å²) in [5.41, 5.74) is 0. The first kappa shape index (κ1) is 83.3. The van der Waals surface area contributed by atoms with Crippen LogP contribution in [-0.2, 0) is 14.3 Å². The molecule has 0 saturated carbocycles. The van der Waals surface area contributed by atoms with E-state index in [-0.39, 0.29) is 18.5 Å². The standard InChI is InChI=1S/C79H153NO5/c1-3-5-7-9-11-13-15-17-19-40-45-49-53-57-61-65-69-73-79(84)85-74-70-66-62-58-54-50-46-42-39-37-35-33-31-29-27-25-23-21-22-24-26-28-30-32-34-36-38-41-44-48-52-56-60-64-68-72-78(83)80-76(75-81)77(82)71-67-63-59-55-51-47-43-20-18-16-14-12-10-8-6-4-2/h23,25,67,71,76-77,81-82H,3-22,24,26-66,68-70,72-75H2,1-2H3,(H,80,83)/b25-23-,71-67+. The van der Waals surface area contributed by atoms with E-state index in [9.17, 15) is 19.8 Å². The van der Waals surface area contributed by atoms with Gasteiger partial charge in [-0.05, 0) is 57.8 Å². The Labute approximate surface area is 532 Å². The van der Waals surface area contributed by atoms with Crippen molar-refractivity contribution in [3.05, 3.63) is 24.3 Å².